The molecule has 0 saturated carbocycles. The molecule has 8 heteroatoms. The number of rotatable bonds is 7. The van der Waals surface area contributed by atoms with Gasteiger partial charge in [-0.1, -0.05) is 13.3 Å². The maximum absolute atomic E-state index is 13.6. The maximum Gasteiger partial charge on any atom is 0.255 e. The zero-order valence-electron chi connectivity index (χ0n) is 13.6. The van der Waals surface area contributed by atoms with Crippen molar-refractivity contribution in [3.05, 3.63) is 59.7 Å². The fraction of sp³-hybridized carbons (Fsp3) is 0.235. The van der Waals surface area contributed by atoms with Crippen molar-refractivity contribution in [1.29, 1.82) is 0 Å². The van der Waals surface area contributed by atoms with Gasteiger partial charge in [0.25, 0.3) is 5.91 Å². The molecule has 2 aromatic carbocycles. The van der Waals surface area contributed by atoms with Crippen LogP contribution in [0.2, 0.25) is 0 Å². The van der Waals surface area contributed by atoms with Crippen LogP contribution in [-0.2, 0) is 10.0 Å². The number of anilines is 1. The van der Waals surface area contributed by atoms with Crippen LogP contribution in [0.3, 0.4) is 0 Å². The van der Waals surface area contributed by atoms with E-state index in [1.54, 1.807) is 0 Å². The molecule has 1 amide bonds. The number of nitrogens with one attached hydrogen (secondary N) is 2. The summed E-state index contributed by atoms with van der Waals surface area (Å²) < 4.78 is 53.0. The van der Waals surface area contributed by atoms with Gasteiger partial charge >= 0.3 is 0 Å². The van der Waals surface area contributed by atoms with E-state index in [1.165, 1.54) is 24.3 Å². The Kier molecular flexibility index (Phi) is 6.22. The number of halogens is 2. The molecule has 2 rings (SSSR count). The van der Waals surface area contributed by atoms with Crippen LogP contribution in [0.25, 0.3) is 0 Å². The van der Waals surface area contributed by atoms with Gasteiger partial charge < -0.3 is 5.32 Å². The lowest BCUT2D eigenvalue weighted by atomic mass is 10.2. The quantitative estimate of drug-likeness (QED) is 0.737. The predicted octanol–water partition coefficient (Wildman–Crippen LogP) is 3.30. The van der Waals surface area contributed by atoms with Crippen molar-refractivity contribution in [2.75, 3.05) is 11.9 Å². The van der Waals surface area contributed by atoms with Crippen molar-refractivity contribution in [2.24, 2.45) is 0 Å². The van der Waals surface area contributed by atoms with Crippen molar-refractivity contribution in [3.63, 3.8) is 0 Å². The van der Waals surface area contributed by atoms with Crippen molar-refractivity contribution in [3.8, 4) is 0 Å². The van der Waals surface area contributed by atoms with Crippen molar-refractivity contribution in [1.82, 2.24) is 4.72 Å². The van der Waals surface area contributed by atoms with E-state index in [9.17, 15) is 22.0 Å². The van der Waals surface area contributed by atoms with E-state index in [0.717, 1.165) is 25.0 Å². The first-order chi connectivity index (χ1) is 11.8. The Balaban J connectivity index is 2.09. The molecule has 0 saturated heterocycles. The van der Waals surface area contributed by atoms with E-state index in [-0.39, 0.29) is 16.1 Å². The second-order valence-corrected chi connectivity index (χ2v) is 7.12. The number of hydrogen-bond donors (Lipinski definition) is 2. The summed E-state index contributed by atoms with van der Waals surface area (Å²) in [5.74, 6) is -2.28. The van der Waals surface area contributed by atoms with Gasteiger partial charge in [-0.25, -0.2) is 21.9 Å². The van der Waals surface area contributed by atoms with Crippen LogP contribution >= 0.6 is 0 Å². The number of carbonyl (C=O) groups excluding carboxylic acids is 1. The minimum Gasteiger partial charge on any atom is -0.319 e. The van der Waals surface area contributed by atoms with E-state index in [4.69, 9.17) is 0 Å². The summed E-state index contributed by atoms with van der Waals surface area (Å²) in [4.78, 5) is 12.1. The van der Waals surface area contributed by atoms with Gasteiger partial charge in [-0.05, 0) is 42.8 Å². The Morgan fingerprint density at radius 3 is 2.36 bits per heavy atom. The fourth-order valence-electron chi connectivity index (χ4n) is 2.04. The highest BCUT2D eigenvalue weighted by atomic mass is 32.2. The SMILES string of the molecule is CCCCNS(=O)(=O)c1ccc(C(=O)Nc2ccc(F)cc2F)cc1. The molecule has 0 aliphatic rings. The second-order valence-electron chi connectivity index (χ2n) is 5.35. The molecular formula is C17H18F2N2O3S. The third kappa shape index (κ3) is 5.07. The van der Waals surface area contributed by atoms with Gasteiger partial charge in [0, 0.05) is 18.2 Å². The number of hydrogen-bond acceptors (Lipinski definition) is 3. The molecule has 25 heavy (non-hydrogen) atoms. The molecule has 0 spiro atoms. The monoisotopic (exact) mass is 368 g/mol. The number of sulfonamides is 1. The summed E-state index contributed by atoms with van der Waals surface area (Å²) in [7, 11) is -3.63. The minimum absolute atomic E-state index is 0.0353. The lowest BCUT2D eigenvalue weighted by molar-refractivity contribution is 0.102. The van der Waals surface area contributed by atoms with Gasteiger partial charge in [0.1, 0.15) is 11.6 Å². The third-order valence-electron chi connectivity index (χ3n) is 3.43. The van der Waals surface area contributed by atoms with E-state index in [0.29, 0.717) is 12.6 Å². The first-order valence-electron chi connectivity index (χ1n) is 7.69. The van der Waals surface area contributed by atoms with Gasteiger partial charge in [0.15, 0.2) is 0 Å². The number of carbonyl (C=O) groups is 1. The van der Waals surface area contributed by atoms with E-state index in [1.807, 2.05) is 6.92 Å². The Morgan fingerprint density at radius 1 is 1.08 bits per heavy atom. The zero-order valence-corrected chi connectivity index (χ0v) is 14.4. The lowest BCUT2D eigenvalue weighted by Crippen LogP contribution is -2.24. The molecule has 0 aromatic heterocycles. The summed E-state index contributed by atoms with van der Waals surface area (Å²) in [6.07, 6.45) is 1.59. The number of benzene rings is 2. The Morgan fingerprint density at radius 2 is 1.76 bits per heavy atom. The molecule has 5 nitrogen and oxygen atoms in total. The number of unbranched alkanes of at least 4 members (excludes halogenated alkanes) is 1. The topological polar surface area (TPSA) is 75.3 Å². The molecule has 0 atom stereocenters. The summed E-state index contributed by atoms with van der Waals surface area (Å²) >= 11 is 0. The smallest absolute Gasteiger partial charge is 0.255 e. The van der Waals surface area contributed by atoms with Crippen molar-refractivity contribution >= 4 is 21.6 Å². The molecule has 0 bridgehead atoms. The normalized spacial score (nSPS) is 11.3. The van der Waals surface area contributed by atoms with E-state index < -0.39 is 27.6 Å². The standard InChI is InChI=1S/C17H18F2N2O3S/c1-2-3-10-20-25(23,24)14-7-4-12(5-8-14)17(22)21-16-9-6-13(18)11-15(16)19/h4-9,11,20H,2-3,10H2,1H3,(H,21,22). The molecule has 134 valence electrons. The zero-order chi connectivity index (χ0) is 18.4. The molecule has 2 aromatic rings. The third-order valence-corrected chi connectivity index (χ3v) is 4.91. The molecular weight excluding hydrogens is 350 g/mol. The van der Waals surface area contributed by atoms with Crippen LogP contribution in [0, 0.1) is 11.6 Å². The average Bonchev–Trinajstić information content (AvgIpc) is 2.57. The van der Waals surface area contributed by atoms with Crippen LogP contribution in [0.4, 0.5) is 14.5 Å². The molecule has 0 radical (unpaired) electrons. The van der Waals surface area contributed by atoms with Gasteiger partial charge in [0.05, 0.1) is 10.6 Å². The Hall–Kier alpha value is -2.32. The highest BCUT2D eigenvalue weighted by molar-refractivity contribution is 7.89. The van der Waals surface area contributed by atoms with E-state index >= 15 is 0 Å². The fourth-order valence-corrected chi connectivity index (χ4v) is 3.11. The highest BCUT2D eigenvalue weighted by Crippen LogP contribution is 2.17. The van der Waals surface area contributed by atoms with Gasteiger partial charge in [0.2, 0.25) is 10.0 Å². The Bertz CT molecular complexity index is 853. The summed E-state index contributed by atoms with van der Waals surface area (Å²) in [6, 6.07) is 8.04. The summed E-state index contributed by atoms with van der Waals surface area (Å²) in [5, 5.41) is 2.31. The van der Waals surface area contributed by atoms with Crippen LogP contribution < -0.4 is 10.0 Å². The van der Waals surface area contributed by atoms with Crippen molar-refractivity contribution in [2.45, 2.75) is 24.7 Å². The summed E-state index contributed by atoms with van der Waals surface area (Å²) in [6.45, 7) is 2.29. The van der Waals surface area contributed by atoms with Crippen LogP contribution in [0.5, 0.6) is 0 Å². The van der Waals surface area contributed by atoms with Gasteiger partial charge in [-0.3, -0.25) is 4.79 Å². The number of amides is 1. The molecule has 0 aliphatic heterocycles. The maximum atomic E-state index is 13.6. The predicted molar refractivity (Wildman–Crippen MR) is 90.8 cm³/mol. The first kappa shape index (κ1) is 19.0. The molecule has 0 aliphatic carbocycles. The lowest BCUT2D eigenvalue weighted by Gasteiger charge is -2.08. The van der Waals surface area contributed by atoms with Crippen LogP contribution in [-0.4, -0.2) is 20.9 Å². The molecule has 0 unspecified atom stereocenters. The van der Waals surface area contributed by atoms with Crippen LogP contribution in [0.1, 0.15) is 30.1 Å². The van der Waals surface area contributed by atoms with Crippen molar-refractivity contribution < 1.29 is 22.0 Å². The van der Waals surface area contributed by atoms with Crippen LogP contribution in [0.15, 0.2) is 47.4 Å². The second kappa shape index (κ2) is 8.17. The van der Waals surface area contributed by atoms with Gasteiger partial charge in [-0.15, -0.1) is 0 Å². The van der Waals surface area contributed by atoms with E-state index in [2.05, 4.69) is 10.0 Å². The largest absolute Gasteiger partial charge is 0.319 e. The first-order valence-corrected chi connectivity index (χ1v) is 9.18. The molecule has 2 N–H and O–H groups in total. The summed E-state index contributed by atoms with van der Waals surface area (Å²) in [5.41, 5.74) is -0.0134. The molecule has 0 fully saturated rings. The van der Waals surface area contributed by atoms with Gasteiger partial charge in [-0.2, -0.15) is 0 Å². The average molecular weight is 368 g/mol. The minimum atomic E-state index is -3.63. The Labute approximate surface area is 145 Å². The molecule has 0 heterocycles. The highest BCUT2D eigenvalue weighted by Gasteiger charge is 2.15.